The van der Waals surface area contributed by atoms with Crippen LogP contribution in [0.3, 0.4) is 0 Å². The van der Waals surface area contributed by atoms with Crippen molar-refractivity contribution in [1.82, 2.24) is 9.88 Å². The lowest BCUT2D eigenvalue weighted by atomic mass is 9.87. The average Bonchev–Trinajstić information content (AvgIpc) is 2.78. The number of amides is 1. The molecular weight excluding hydrogens is 364 g/mol. The zero-order chi connectivity index (χ0) is 20.4. The summed E-state index contributed by atoms with van der Waals surface area (Å²) in [5.74, 6) is 0.938. The SMILES string of the molecule is COc1ccc2cc(C(=O)N3CCC(C(O)c4ccccc4)CC3)c(C)nc2c1. The number of hydrogen-bond donors (Lipinski definition) is 1. The third-order valence-electron chi connectivity index (χ3n) is 5.86. The highest BCUT2D eigenvalue weighted by Crippen LogP contribution is 2.31. The molecule has 0 saturated carbocycles. The van der Waals surface area contributed by atoms with Crippen LogP contribution in [0.25, 0.3) is 10.9 Å². The van der Waals surface area contributed by atoms with Gasteiger partial charge in [-0.2, -0.15) is 0 Å². The Bertz CT molecular complexity index is 1010. The van der Waals surface area contributed by atoms with E-state index in [0.717, 1.165) is 40.8 Å². The van der Waals surface area contributed by atoms with Crippen LogP contribution in [0, 0.1) is 12.8 Å². The Morgan fingerprint density at radius 2 is 1.86 bits per heavy atom. The fourth-order valence-electron chi connectivity index (χ4n) is 4.10. The van der Waals surface area contributed by atoms with E-state index >= 15 is 0 Å². The largest absolute Gasteiger partial charge is 0.497 e. The number of carbonyl (C=O) groups is 1. The zero-order valence-corrected chi connectivity index (χ0v) is 16.8. The molecule has 4 rings (SSSR count). The number of aliphatic hydroxyl groups excluding tert-OH is 1. The number of likely N-dealkylation sites (tertiary alicyclic amines) is 1. The van der Waals surface area contributed by atoms with Crippen molar-refractivity contribution in [3.05, 3.63) is 71.4 Å². The molecule has 1 saturated heterocycles. The van der Waals surface area contributed by atoms with E-state index in [-0.39, 0.29) is 11.8 Å². The molecule has 5 nitrogen and oxygen atoms in total. The van der Waals surface area contributed by atoms with Crippen LogP contribution in [0.1, 0.15) is 40.6 Å². The molecule has 0 bridgehead atoms. The summed E-state index contributed by atoms with van der Waals surface area (Å²) in [7, 11) is 1.63. The number of pyridine rings is 1. The lowest BCUT2D eigenvalue weighted by molar-refractivity contribution is 0.0461. The predicted octanol–water partition coefficient (Wildman–Crippen LogP) is 4.14. The number of aryl methyl sites for hydroxylation is 1. The summed E-state index contributed by atoms with van der Waals surface area (Å²) in [6.07, 6.45) is 1.10. The van der Waals surface area contributed by atoms with E-state index in [1.54, 1.807) is 7.11 Å². The van der Waals surface area contributed by atoms with Gasteiger partial charge in [0.1, 0.15) is 5.75 Å². The van der Waals surface area contributed by atoms with Gasteiger partial charge < -0.3 is 14.7 Å². The van der Waals surface area contributed by atoms with Crippen LogP contribution in [-0.2, 0) is 0 Å². The van der Waals surface area contributed by atoms with Crippen molar-refractivity contribution >= 4 is 16.8 Å². The van der Waals surface area contributed by atoms with Crippen molar-refractivity contribution < 1.29 is 14.6 Å². The molecular formula is C24H26N2O3. The molecule has 0 radical (unpaired) electrons. The second kappa shape index (κ2) is 8.21. The second-order valence-electron chi connectivity index (χ2n) is 7.67. The first-order valence-electron chi connectivity index (χ1n) is 10.0. The molecule has 1 atom stereocenters. The van der Waals surface area contributed by atoms with E-state index in [0.29, 0.717) is 18.7 Å². The summed E-state index contributed by atoms with van der Waals surface area (Å²) in [6, 6.07) is 17.4. The van der Waals surface area contributed by atoms with Crippen LogP contribution < -0.4 is 4.74 Å². The number of ether oxygens (including phenoxy) is 1. The van der Waals surface area contributed by atoms with Crippen molar-refractivity contribution in [2.45, 2.75) is 25.9 Å². The van der Waals surface area contributed by atoms with Gasteiger partial charge in [-0.05, 0) is 49.4 Å². The van der Waals surface area contributed by atoms with Crippen LogP contribution in [0.4, 0.5) is 0 Å². The van der Waals surface area contributed by atoms with Crippen LogP contribution in [0.15, 0.2) is 54.6 Å². The van der Waals surface area contributed by atoms with Crippen molar-refractivity contribution in [3.63, 3.8) is 0 Å². The van der Waals surface area contributed by atoms with Crippen LogP contribution in [0.2, 0.25) is 0 Å². The molecule has 0 spiro atoms. The maximum atomic E-state index is 13.1. The van der Waals surface area contributed by atoms with E-state index < -0.39 is 6.10 Å². The number of nitrogens with zero attached hydrogens (tertiary/aromatic N) is 2. The molecule has 1 aromatic heterocycles. The summed E-state index contributed by atoms with van der Waals surface area (Å²) >= 11 is 0. The van der Waals surface area contributed by atoms with Gasteiger partial charge in [-0.15, -0.1) is 0 Å². The van der Waals surface area contributed by atoms with Gasteiger partial charge in [-0.1, -0.05) is 30.3 Å². The Kier molecular flexibility index (Phi) is 5.49. The van der Waals surface area contributed by atoms with Gasteiger partial charge in [0.25, 0.3) is 5.91 Å². The Hall–Kier alpha value is -2.92. The first kappa shape index (κ1) is 19.4. The first-order chi connectivity index (χ1) is 14.1. The number of piperidine rings is 1. The zero-order valence-electron chi connectivity index (χ0n) is 16.8. The number of hydrogen-bond acceptors (Lipinski definition) is 4. The minimum atomic E-state index is -0.479. The second-order valence-corrected chi connectivity index (χ2v) is 7.67. The van der Waals surface area contributed by atoms with Crippen molar-refractivity contribution in [2.75, 3.05) is 20.2 Å². The summed E-state index contributed by atoms with van der Waals surface area (Å²) in [4.78, 5) is 19.6. The van der Waals surface area contributed by atoms with Crippen molar-refractivity contribution in [3.8, 4) is 5.75 Å². The highest BCUT2D eigenvalue weighted by Gasteiger charge is 2.29. The van der Waals surface area contributed by atoms with Crippen molar-refractivity contribution in [2.24, 2.45) is 5.92 Å². The highest BCUT2D eigenvalue weighted by atomic mass is 16.5. The van der Waals surface area contributed by atoms with Gasteiger partial charge in [-0.3, -0.25) is 9.78 Å². The fourth-order valence-corrected chi connectivity index (χ4v) is 4.10. The molecule has 1 aliphatic heterocycles. The normalized spacial score (nSPS) is 16.0. The van der Waals surface area contributed by atoms with Gasteiger partial charge in [-0.25, -0.2) is 0 Å². The van der Waals surface area contributed by atoms with E-state index in [2.05, 4.69) is 4.98 Å². The summed E-state index contributed by atoms with van der Waals surface area (Å²) in [6.45, 7) is 3.17. The Labute approximate surface area is 170 Å². The number of benzene rings is 2. The Morgan fingerprint density at radius 3 is 2.55 bits per heavy atom. The molecule has 1 fully saturated rings. The molecule has 1 aliphatic rings. The average molecular weight is 390 g/mol. The van der Waals surface area contributed by atoms with Crippen LogP contribution in [-0.4, -0.2) is 41.1 Å². The lowest BCUT2D eigenvalue weighted by Crippen LogP contribution is -2.40. The Morgan fingerprint density at radius 1 is 1.14 bits per heavy atom. The first-order valence-corrected chi connectivity index (χ1v) is 10.0. The quantitative estimate of drug-likeness (QED) is 0.727. The number of aliphatic hydroxyl groups is 1. The van der Waals surface area contributed by atoms with E-state index in [9.17, 15) is 9.90 Å². The molecule has 0 aliphatic carbocycles. The van der Waals surface area contributed by atoms with Crippen LogP contribution >= 0.6 is 0 Å². The van der Waals surface area contributed by atoms with Gasteiger partial charge in [0.15, 0.2) is 0 Å². The molecule has 1 amide bonds. The lowest BCUT2D eigenvalue weighted by Gasteiger charge is -2.34. The predicted molar refractivity (Wildman–Crippen MR) is 113 cm³/mol. The maximum Gasteiger partial charge on any atom is 0.255 e. The smallest absolute Gasteiger partial charge is 0.255 e. The number of methoxy groups -OCH3 is 1. The van der Waals surface area contributed by atoms with Gasteiger partial charge in [0.2, 0.25) is 0 Å². The molecule has 2 aromatic carbocycles. The molecule has 150 valence electrons. The monoisotopic (exact) mass is 390 g/mol. The number of fused-ring (bicyclic) bond motifs is 1. The molecule has 5 heteroatoms. The van der Waals surface area contributed by atoms with Gasteiger partial charge in [0.05, 0.1) is 30.0 Å². The number of rotatable bonds is 4. The molecule has 1 N–H and O–H groups in total. The molecule has 3 aromatic rings. The number of carbonyl (C=O) groups excluding carboxylic acids is 1. The third-order valence-corrected chi connectivity index (χ3v) is 5.86. The van der Waals surface area contributed by atoms with Gasteiger partial charge >= 0.3 is 0 Å². The molecule has 29 heavy (non-hydrogen) atoms. The number of aromatic nitrogens is 1. The van der Waals surface area contributed by atoms with Crippen molar-refractivity contribution in [1.29, 1.82) is 0 Å². The van der Waals surface area contributed by atoms with E-state index in [1.165, 1.54) is 0 Å². The Balaban J connectivity index is 1.47. The minimum absolute atomic E-state index is 0.0142. The third kappa shape index (κ3) is 3.96. The maximum absolute atomic E-state index is 13.1. The van der Waals surface area contributed by atoms with E-state index in [1.807, 2.05) is 66.4 Å². The summed E-state index contributed by atoms with van der Waals surface area (Å²) < 4.78 is 5.26. The summed E-state index contributed by atoms with van der Waals surface area (Å²) in [5.41, 5.74) is 3.14. The highest BCUT2D eigenvalue weighted by molar-refractivity contribution is 5.98. The molecule has 1 unspecified atom stereocenters. The fraction of sp³-hybridized carbons (Fsp3) is 0.333. The standard InChI is InChI=1S/C24H26N2O3/c1-16-21(14-19-8-9-20(29-2)15-22(19)25-16)24(28)26-12-10-18(11-13-26)23(27)17-6-4-3-5-7-17/h3-9,14-15,18,23,27H,10-13H2,1-2H3. The van der Waals surface area contributed by atoms with E-state index in [4.69, 9.17) is 4.74 Å². The van der Waals surface area contributed by atoms with Crippen LogP contribution in [0.5, 0.6) is 5.75 Å². The van der Waals surface area contributed by atoms with Gasteiger partial charge in [0, 0.05) is 24.5 Å². The molecule has 2 heterocycles. The topological polar surface area (TPSA) is 62.7 Å². The summed E-state index contributed by atoms with van der Waals surface area (Å²) in [5, 5.41) is 11.6. The minimum Gasteiger partial charge on any atom is -0.497 e.